The van der Waals surface area contributed by atoms with Gasteiger partial charge in [-0.05, 0) is 65.5 Å². The lowest BCUT2D eigenvalue weighted by molar-refractivity contribution is -0.147. The van der Waals surface area contributed by atoms with Gasteiger partial charge >= 0.3 is 0 Å². The number of rotatable bonds is 6. The first-order chi connectivity index (χ1) is 18.0. The lowest BCUT2D eigenvalue weighted by Crippen LogP contribution is -2.61. The van der Waals surface area contributed by atoms with Gasteiger partial charge in [-0.25, -0.2) is 0 Å². The van der Waals surface area contributed by atoms with Gasteiger partial charge in [0.25, 0.3) is 0 Å². The van der Waals surface area contributed by atoms with E-state index in [1.165, 1.54) is 5.56 Å². The van der Waals surface area contributed by atoms with E-state index >= 15 is 0 Å². The summed E-state index contributed by atoms with van der Waals surface area (Å²) in [6, 6.07) is 12.4. The highest BCUT2D eigenvalue weighted by Gasteiger charge is 2.42. The average Bonchev–Trinajstić information content (AvgIpc) is 2.89. The normalized spacial score (nSPS) is 20.5. The number of nitrogen functional groups attached to an aromatic ring is 1. The van der Waals surface area contributed by atoms with Crippen LogP contribution in [0.25, 0.3) is 0 Å². The molecule has 4 rings (SSSR count). The van der Waals surface area contributed by atoms with Crippen molar-refractivity contribution in [1.29, 1.82) is 0 Å². The SMILES string of the molecule is CC[C@@H](C)C(=O)N[C@H](C(=O)N1Cc2cc(N)ccc2C[C@H]1C(=O)NC1CCCc2ccccc21)C(C)(C)C. The van der Waals surface area contributed by atoms with Crippen molar-refractivity contribution < 1.29 is 14.4 Å². The van der Waals surface area contributed by atoms with Crippen molar-refractivity contribution in [3.63, 3.8) is 0 Å². The number of nitrogens with zero attached hydrogens (tertiary/aromatic N) is 1. The minimum atomic E-state index is -0.766. The summed E-state index contributed by atoms with van der Waals surface area (Å²) in [5.74, 6) is -0.767. The number of carbonyl (C=O) groups excluding carboxylic acids is 3. The zero-order valence-electron chi connectivity index (χ0n) is 23.3. The van der Waals surface area contributed by atoms with Crippen LogP contribution in [0.1, 0.15) is 82.2 Å². The molecule has 1 unspecified atom stereocenters. The van der Waals surface area contributed by atoms with Gasteiger partial charge in [-0.15, -0.1) is 0 Å². The minimum Gasteiger partial charge on any atom is -0.399 e. The predicted octanol–water partition coefficient (Wildman–Crippen LogP) is 4.29. The molecule has 3 amide bonds. The zero-order valence-corrected chi connectivity index (χ0v) is 23.3. The molecular weight excluding hydrogens is 476 g/mol. The second kappa shape index (κ2) is 11.2. The fraction of sp³-hybridized carbons (Fsp3) is 0.516. The van der Waals surface area contributed by atoms with Gasteiger partial charge in [-0.1, -0.05) is 65.0 Å². The molecule has 2 aliphatic rings. The van der Waals surface area contributed by atoms with Crippen LogP contribution in [0.5, 0.6) is 0 Å². The van der Waals surface area contributed by atoms with Gasteiger partial charge in [0.05, 0.1) is 6.04 Å². The number of carbonyl (C=O) groups is 3. The first kappa shape index (κ1) is 27.7. The van der Waals surface area contributed by atoms with Crippen LogP contribution in [0.4, 0.5) is 5.69 Å². The average molecular weight is 519 g/mol. The Kier molecular flexibility index (Phi) is 8.14. The number of fused-ring (bicyclic) bond motifs is 2. The Hall–Kier alpha value is -3.35. The van der Waals surface area contributed by atoms with E-state index in [4.69, 9.17) is 5.73 Å². The number of amides is 3. The number of hydrogen-bond acceptors (Lipinski definition) is 4. The highest BCUT2D eigenvalue weighted by Crippen LogP contribution is 2.32. The molecule has 1 aliphatic carbocycles. The molecular formula is C31H42N4O3. The summed E-state index contributed by atoms with van der Waals surface area (Å²) in [6.07, 6.45) is 3.96. The molecule has 0 spiro atoms. The summed E-state index contributed by atoms with van der Waals surface area (Å²) >= 11 is 0. The molecule has 1 heterocycles. The Bertz CT molecular complexity index is 1200. The van der Waals surface area contributed by atoms with Crippen molar-refractivity contribution in [1.82, 2.24) is 15.5 Å². The second-order valence-electron chi connectivity index (χ2n) is 12.0. The van der Waals surface area contributed by atoms with Gasteiger partial charge in [0, 0.05) is 24.6 Å². The van der Waals surface area contributed by atoms with E-state index in [2.05, 4.69) is 22.8 Å². The van der Waals surface area contributed by atoms with Crippen LogP contribution in [-0.4, -0.2) is 34.7 Å². The van der Waals surface area contributed by atoms with E-state index in [-0.39, 0.29) is 36.2 Å². The lowest BCUT2D eigenvalue weighted by atomic mass is 9.83. The molecule has 204 valence electrons. The van der Waals surface area contributed by atoms with E-state index in [1.54, 1.807) is 4.90 Å². The smallest absolute Gasteiger partial charge is 0.246 e. The first-order valence-corrected chi connectivity index (χ1v) is 13.9. The summed E-state index contributed by atoms with van der Waals surface area (Å²) in [6.45, 7) is 9.90. The van der Waals surface area contributed by atoms with Crippen LogP contribution in [0.2, 0.25) is 0 Å². The fourth-order valence-electron chi connectivity index (χ4n) is 5.53. The molecule has 0 fully saturated rings. The Labute approximate surface area is 226 Å². The zero-order chi connectivity index (χ0) is 27.6. The molecule has 1 aliphatic heterocycles. The molecule has 7 nitrogen and oxygen atoms in total. The Morgan fingerprint density at radius 1 is 1.08 bits per heavy atom. The number of anilines is 1. The van der Waals surface area contributed by atoms with Gasteiger partial charge in [-0.3, -0.25) is 14.4 Å². The van der Waals surface area contributed by atoms with E-state index in [9.17, 15) is 14.4 Å². The van der Waals surface area contributed by atoms with Gasteiger partial charge in [0.1, 0.15) is 12.1 Å². The largest absolute Gasteiger partial charge is 0.399 e. The standard InChI is InChI=1S/C31H42N4O3/c1-6-19(2)28(36)34-27(31(3,4)5)30(38)35-18-22-16-23(32)15-14-21(22)17-26(35)29(37)33-25-13-9-11-20-10-7-8-12-24(20)25/h7-8,10,12,14-16,19,25-27H,6,9,11,13,17-18,32H2,1-5H3,(H,33,37)(H,34,36)/t19-,25?,26+,27-/m1/s1. The summed E-state index contributed by atoms with van der Waals surface area (Å²) in [5.41, 5.74) is 10.5. The fourth-order valence-corrected chi connectivity index (χ4v) is 5.53. The molecule has 7 heteroatoms. The van der Waals surface area contributed by atoms with Crippen LogP contribution in [-0.2, 0) is 33.8 Å². The first-order valence-electron chi connectivity index (χ1n) is 13.9. The third kappa shape index (κ3) is 5.87. The van der Waals surface area contributed by atoms with Gasteiger partial charge in [0.15, 0.2) is 0 Å². The number of hydrogen-bond donors (Lipinski definition) is 3. The van der Waals surface area contributed by atoms with Crippen molar-refractivity contribution >= 4 is 23.4 Å². The molecule has 0 bridgehead atoms. The molecule has 0 saturated heterocycles. The maximum absolute atomic E-state index is 14.2. The highest BCUT2D eigenvalue weighted by molar-refractivity contribution is 5.93. The molecule has 2 aromatic carbocycles. The van der Waals surface area contributed by atoms with E-state index in [0.29, 0.717) is 18.5 Å². The summed E-state index contributed by atoms with van der Waals surface area (Å²) < 4.78 is 0. The van der Waals surface area contributed by atoms with Crippen LogP contribution in [0.3, 0.4) is 0 Å². The van der Waals surface area contributed by atoms with E-state index < -0.39 is 17.5 Å². The van der Waals surface area contributed by atoms with Crippen LogP contribution in [0, 0.1) is 11.3 Å². The molecule has 4 N–H and O–H groups in total. The Morgan fingerprint density at radius 3 is 2.53 bits per heavy atom. The van der Waals surface area contributed by atoms with Crippen LogP contribution < -0.4 is 16.4 Å². The number of benzene rings is 2. The maximum atomic E-state index is 14.2. The number of aryl methyl sites for hydroxylation is 1. The minimum absolute atomic E-state index is 0.0827. The summed E-state index contributed by atoms with van der Waals surface area (Å²) in [4.78, 5) is 42.6. The molecule has 0 saturated carbocycles. The number of nitrogens with one attached hydrogen (secondary N) is 2. The number of nitrogens with two attached hydrogens (primary N) is 1. The van der Waals surface area contributed by atoms with Crippen LogP contribution >= 0.6 is 0 Å². The second-order valence-corrected chi connectivity index (χ2v) is 12.0. The van der Waals surface area contributed by atoms with Gasteiger partial charge in [0.2, 0.25) is 17.7 Å². The lowest BCUT2D eigenvalue weighted by Gasteiger charge is -2.41. The van der Waals surface area contributed by atoms with Crippen molar-refractivity contribution in [2.24, 2.45) is 11.3 Å². The quantitative estimate of drug-likeness (QED) is 0.496. The molecule has 4 atom stereocenters. The Morgan fingerprint density at radius 2 is 1.82 bits per heavy atom. The van der Waals surface area contributed by atoms with Crippen molar-refractivity contribution in [2.45, 2.75) is 91.4 Å². The Balaban J connectivity index is 1.65. The molecule has 38 heavy (non-hydrogen) atoms. The topological polar surface area (TPSA) is 105 Å². The highest BCUT2D eigenvalue weighted by atomic mass is 16.2. The molecule has 0 aromatic heterocycles. The summed E-state index contributed by atoms with van der Waals surface area (Å²) in [5, 5.41) is 6.28. The van der Waals surface area contributed by atoms with Gasteiger partial charge < -0.3 is 21.3 Å². The predicted molar refractivity (Wildman–Crippen MR) is 150 cm³/mol. The monoisotopic (exact) mass is 518 g/mol. The van der Waals surface area contributed by atoms with E-state index in [1.807, 2.05) is 65.0 Å². The van der Waals surface area contributed by atoms with Crippen molar-refractivity contribution in [3.8, 4) is 0 Å². The third-order valence-electron chi connectivity index (χ3n) is 8.09. The molecule has 2 aromatic rings. The van der Waals surface area contributed by atoms with Crippen molar-refractivity contribution in [2.75, 3.05) is 5.73 Å². The third-order valence-corrected chi connectivity index (χ3v) is 8.09. The van der Waals surface area contributed by atoms with Crippen LogP contribution in [0.15, 0.2) is 42.5 Å². The van der Waals surface area contributed by atoms with Crippen molar-refractivity contribution in [3.05, 3.63) is 64.7 Å². The molecule has 0 radical (unpaired) electrons. The van der Waals surface area contributed by atoms with E-state index in [0.717, 1.165) is 36.0 Å². The maximum Gasteiger partial charge on any atom is 0.246 e. The summed E-state index contributed by atoms with van der Waals surface area (Å²) in [7, 11) is 0. The van der Waals surface area contributed by atoms with Gasteiger partial charge in [-0.2, -0.15) is 0 Å².